The highest BCUT2D eigenvalue weighted by molar-refractivity contribution is 5.71. The second-order valence-corrected chi connectivity index (χ2v) is 22.0. The van der Waals surface area contributed by atoms with E-state index in [0.717, 1.165) is 64.2 Å². The van der Waals surface area contributed by atoms with E-state index in [-0.39, 0.29) is 31.1 Å². The van der Waals surface area contributed by atoms with Gasteiger partial charge in [0.25, 0.3) is 0 Å². The van der Waals surface area contributed by atoms with Crippen LogP contribution in [-0.4, -0.2) is 37.2 Å². The molecule has 1 unspecified atom stereocenters. The average Bonchev–Trinajstić information content (AvgIpc) is 3.39. The van der Waals surface area contributed by atoms with E-state index < -0.39 is 6.10 Å². The van der Waals surface area contributed by atoms with Gasteiger partial charge in [0.15, 0.2) is 6.10 Å². The van der Waals surface area contributed by atoms with Crippen molar-refractivity contribution in [2.24, 2.45) is 0 Å². The maximum Gasteiger partial charge on any atom is 0.306 e. The predicted octanol–water partition coefficient (Wildman–Crippen LogP) is 22.0. The molecule has 0 fully saturated rings. The van der Waals surface area contributed by atoms with E-state index in [1.165, 1.54) is 250 Å². The molecule has 73 heavy (non-hydrogen) atoms. The normalized spacial score (nSPS) is 12.2. The summed E-state index contributed by atoms with van der Waals surface area (Å²) < 4.78 is 17.0. The molecule has 0 saturated heterocycles. The Bertz CT molecular complexity index is 1220. The molecular weight excluding hydrogens is 901 g/mol. The van der Waals surface area contributed by atoms with Crippen molar-refractivity contribution in [3.63, 3.8) is 0 Å². The van der Waals surface area contributed by atoms with Gasteiger partial charge in [-0.25, -0.2) is 0 Å². The van der Waals surface area contributed by atoms with Crippen molar-refractivity contribution in [2.75, 3.05) is 13.2 Å². The topological polar surface area (TPSA) is 78.9 Å². The number of esters is 3. The van der Waals surface area contributed by atoms with E-state index in [0.29, 0.717) is 19.3 Å². The lowest BCUT2D eigenvalue weighted by Gasteiger charge is -2.18. The van der Waals surface area contributed by atoms with Crippen LogP contribution in [0, 0.1) is 0 Å². The average molecular weight is 1030 g/mol. The zero-order valence-electron chi connectivity index (χ0n) is 49.2. The van der Waals surface area contributed by atoms with Crippen LogP contribution in [0.5, 0.6) is 0 Å². The summed E-state index contributed by atoms with van der Waals surface area (Å²) in [5.41, 5.74) is 0. The molecule has 0 aromatic heterocycles. The maximum absolute atomic E-state index is 12.9. The van der Waals surface area contributed by atoms with Crippen LogP contribution in [0.1, 0.15) is 355 Å². The first kappa shape index (κ1) is 70.6. The Hall–Kier alpha value is -2.37. The zero-order chi connectivity index (χ0) is 52.9. The van der Waals surface area contributed by atoms with Gasteiger partial charge in [-0.05, 0) is 77.0 Å². The third-order valence-corrected chi connectivity index (χ3v) is 14.6. The SMILES string of the molecule is CCCCCCC/C=C\C/C=C\CCCCCCCCCCCC(=O)OCC(COC(=O)CCCCCCCCCCCCCCCCCCC)OC(=O)CCCCCCCCC/C=C\CCCCCCCC. The van der Waals surface area contributed by atoms with Crippen molar-refractivity contribution >= 4 is 17.9 Å². The highest BCUT2D eigenvalue weighted by Gasteiger charge is 2.19. The minimum absolute atomic E-state index is 0.0707. The fourth-order valence-corrected chi connectivity index (χ4v) is 9.71. The van der Waals surface area contributed by atoms with E-state index >= 15 is 0 Å². The molecule has 0 spiro atoms. The molecule has 0 aliphatic carbocycles. The number of carbonyl (C=O) groups is 3. The van der Waals surface area contributed by atoms with E-state index in [1.54, 1.807) is 0 Å². The summed E-state index contributed by atoms with van der Waals surface area (Å²) in [6.07, 6.45) is 75.7. The lowest BCUT2D eigenvalue weighted by atomic mass is 10.0. The Balaban J connectivity index is 4.33. The minimum Gasteiger partial charge on any atom is -0.462 e. The van der Waals surface area contributed by atoms with Gasteiger partial charge in [0.05, 0.1) is 0 Å². The van der Waals surface area contributed by atoms with Crippen LogP contribution in [0.4, 0.5) is 0 Å². The molecule has 0 aromatic rings. The van der Waals surface area contributed by atoms with Crippen molar-refractivity contribution in [1.29, 1.82) is 0 Å². The number of hydrogen-bond acceptors (Lipinski definition) is 6. The molecule has 0 N–H and O–H groups in total. The first-order valence-corrected chi connectivity index (χ1v) is 32.5. The fraction of sp³-hybridized carbons (Fsp3) is 0.866. The quantitative estimate of drug-likeness (QED) is 0.0261. The molecule has 0 aromatic carbocycles. The van der Waals surface area contributed by atoms with E-state index in [2.05, 4.69) is 57.2 Å². The monoisotopic (exact) mass is 1020 g/mol. The van der Waals surface area contributed by atoms with Gasteiger partial charge in [-0.15, -0.1) is 0 Å². The zero-order valence-corrected chi connectivity index (χ0v) is 49.2. The summed E-state index contributed by atoms with van der Waals surface area (Å²) in [7, 11) is 0. The fourth-order valence-electron chi connectivity index (χ4n) is 9.71. The van der Waals surface area contributed by atoms with Crippen molar-refractivity contribution in [2.45, 2.75) is 361 Å². The van der Waals surface area contributed by atoms with Crippen LogP contribution in [-0.2, 0) is 28.6 Å². The third-order valence-electron chi connectivity index (χ3n) is 14.6. The smallest absolute Gasteiger partial charge is 0.306 e. The molecule has 0 radical (unpaired) electrons. The molecule has 0 bridgehead atoms. The Morgan fingerprint density at radius 3 is 0.767 bits per heavy atom. The van der Waals surface area contributed by atoms with Crippen LogP contribution in [0.2, 0.25) is 0 Å². The van der Waals surface area contributed by atoms with Gasteiger partial charge in [0.1, 0.15) is 13.2 Å². The number of allylic oxidation sites excluding steroid dienone is 6. The molecule has 0 aliphatic heterocycles. The second kappa shape index (κ2) is 62.2. The summed E-state index contributed by atoms with van der Waals surface area (Å²) in [6.45, 7) is 6.68. The highest BCUT2D eigenvalue weighted by atomic mass is 16.6. The number of unbranched alkanes of at least 4 members (excludes halogenated alkanes) is 43. The minimum atomic E-state index is -0.774. The van der Waals surface area contributed by atoms with Crippen LogP contribution >= 0.6 is 0 Å². The molecule has 6 heteroatoms. The van der Waals surface area contributed by atoms with Crippen molar-refractivity contribution in [3.8, 4) is 0 Å². The van der Waals surface area contributed by atoms with Crippen LogP contribution in [0.25, 0.3) is 0 Å². The molecular formula is C67H124O6. The van der Waals surface area contributed by atoms with Crippen LogP contribution in [0.3, 0.4) is 0 Å². The number of rotatable bonds is 60. The van der Waals surface area contributed by atoms with Gasteiger partial charge in [-0.3, -0.25) is 14.4 Å². The number of ether oxygens (including phenoxy) is 3. The summed E-state index contributed by atoms with van der Waals surface area (Å²) in [6, 6.07) is 0. The summed E-state index contributed by atoms with van der Waals surface area (Å²) in [5, 5.41) is 0. The number of hydrogen-bond donors (Lipinski definition) is 0. The Morgan fingerprint density at radius 2 is 0.493 bits per heavy atom. The molecule has 0 saturated carbocycles. The first-order valence-electron chi connectivity index (χ1n) is 32.5. The molecule has 428 valence electrons. The molecule has 0 amide bonds. The summed E-state index contributed by atoms with van der Waals surface area (Å²) >= 11 is 0. The van der Waals surface area contributed by atoms with Crippen molar-refractivity contribution in [1.82, 2.24) is 0 Å². The first-order chi connectivity index (χ1) is 36.0. The Labute approximate surface area is 455 Å². The number of carbonyl (C=O) groups excluding carboxylic acids is 3. The maximum atomic E-state index is 12.9. The largest absolute Gasteiger partial charge is 0.462 e. The molecule has 6 nitrogen and oxygen atoms in total. The van der Waals surface area contributed by atoms with Crippen molar-refractivity contribution < 1.29 is 28.6 Å². The third kappa shape index (κ3) is 60.4. The standard InChI is InChI=1S/C67H124O6/c1-4-7-10-13-16-19-22-25-28-31-32-33-34-37-39-42-45-48-51-54-57-60-66(69)72-63-64(73-67(70)61-58-55-52-49-46-43-40-36-30-27-24-21-18-15-12-9-6-3)62-71-65(68)59-56-53-50-47-44-41-38-35-29-26-23-20-17-14-11-8-5-2/h22,25,27,30-32,64H,4-21,23-24,26,28-29,33-63H2,1-3H3/b25-22-,30-27-,32-31-. The predicted molar refractivity (Wildman–Crippen MR) is 316 cm³/mol. The highest BCUT2D eigenvalue weighted by Crippen LogP contribution is 2.17. The van der Waals surface area contributed by atoms with Crippen molar-refractivity contribution in [3.05, 3.63) is 36.5 Å². The molecule has 0 rings (SSSR count). The van der Waals surface area contributed by atoms with Gasteiger partial charge >= 0.3 is 17.9 Å². The van der Waals surface area contributed by atoms with E-state index in [1.807, 2.05) is 0 Å². The van der Waals surface area contributed by atoms with Crippen LogP contribution < -0.4 is 0 Å². The Morgan fingerprint density at radius 1 is 0.274 bits per heavy atom. The van der Waals surface area contributed by atoms with Gasteiger partial charge in [-0.1, -0.05) is 295 Å². The van der Waals surface area contributed by atoms with E-state index in [4.69, 9.17) is 14.2 Å². The molecule has 1 atom stereocenters. The molecule has 0 heterocycles. The lowest BCUT2D eigenvalue weighted by Crippen LogP contribution is -2.30. The van der Waals surface area contributed by atoms with Crippen LogP contribution in [0.15, 0.2) is 36.5 Å². The summed E-state index contributed by atoms with van der Waals surface area (Å²) in [5.74, 6) is -0.855. The van der Waals surface area contributed by atoms with E-state index in [9.17, 15) is 14.4 Å². The van der Waals surface area contributed by atoms with Gasteiger partial charge < -0.3 is 14.2 Å². The summed E-state index contributed by atoms with van der Waals surface area (Å²) in [4.78, 5) is 38.3. The second-order valence-electron chi connectivity index (χ2n) is 22.0. The Kier molecular flexibility index (Phi) is 60.2. The van der Waals surface area contributed by atoms with Gasteiger partial charge in [0, 0.05) is 19.3 Å². The lowest BCUT2D eigenvalue weighted by molar-refractivity contribution is -0.167. The molecule has 0 aliphatic rings. The van der Waals surface area contributed by atoms with Gasteiger partial charge in [-0.2, -0.15) is 0 Å². The van der Waals surface area contributed by atoms with Gasteiger partial charge in [0.2, 0.25) is 0 Å².